The summed E-state index contributed by atoms with van der Waals surface area (Å²) >= 11 is 0. The first-order valence-corrected chi connectivity index (χ1v) is 6.73. The van der Waals surface area contributed by atoms with Gasteiger partial charge in [0.25, 0.3) is 0 Å². The van der Waals surface area contributed by atoms with Crippen molar-refractivity contribution in [3.05, 3.63) is 29.8 Å². The molecule has 1 unspecified atom stereocenters. The van der Waals surface area contributed by atoms with Crippen molar-refractivity contribution in [2.24, 2.45) is 5.41 Å². The summed E-state index contributed by atoms with van der Waals surface area (Å²) in [7, 11) is 0.161. The molecular weight excluding hydrogens is 236 g/mol. The number of benzene rings is 1. The van der Waals surface area contributed by atoms with Gasteiger partial charge in [0.15, 0.2) is 0 Å². The van der Waals surface area contributed by atoms with Crippen molar-refractivity contribution in [2.75, 3.05) is 12.9 Å². The van der Waals surface area contributed by atoms with Crippen LogP contribution in [0.1, 0.15) is 19.4 Å². The standard InChI is InChI=1S/C13H18O3S/c1-10-7-5-6-8-11(10)17(15)9-13(2,3)12(14)16-4/h5-8H,9H2,1-4H3. The molecule has 0 saturated carbocycles. The van der Waals surface area contributed by atoms with Crippen molar-refractivity contribution in [1.82, 2.24) is 0 Å². The van der Waals surface area contributed by atoms with Crippen LogP contribution < -0.4 is 0 Å². The Bertz CT molecular complexity index is 438. The van der Waals surface area contributed by atoms with E-state index in [-0.39, 0.29) is 11.7 Å². The van der Waals surface area contributed by atoms with E-state index in [9.17, 15) is 9.00 Å². The highest BCUT2D eigenvalue weighted by Gasteiger charge is 2.31. The zero-order valence-electron chi connectivity index (χ0n) is 10.6. The summed E-state index contributed by atoms with van der Waals surface area (Å²) in [6.45, 7) is 5.41. The molecule has 0 N–H and O–H groups in total. The van der Waals surface area contributed by atoms with Gasteiger partial charge in [-0.15, -0.1) is 0 Å². The smallest absolute Gasteiger partial charge is 0.312 e. The maximum absolute atomic E-state index is 12.2. The van der Waals surface area contributed by atoms with E-state index in [2.05, 4.69) is 0 Å². The third kappa shape index (κ3) is 3.40. The molecule has 0 spiro atoms. The number of rotatable bonds is 4. The average Bonchev–Trinajstić information content (AvgIpc) is 2.27. The number of hydrogen-bond donors (Lipinski definition) is 0. The second-order valence-electron chi connectivity index (χ2n) is 4.63. The van der Waals surface area contributed by atoms with Crippen LogP contribution in [0.4, 0.5) is 0 Å². The first-order valence-electron chi connectivity index (χ1n) is 5.41. The van der Waals surface area contributed by atoms with Crippen molar-refractivity contribution < 1.29 is 13.7 Å². The quantitative estimate of drug-likeness (QED) is 0.774. The molecule has 1 aromatic carbocycles. The number of carbonyl (C=O) groups excluding carboxylic acids is 1. The number of aryl methyl sites for hydroxylation is 1. The molecule has 1 atom stereocenters. The summed E-state index contributed by atoms with van der Waals surface area (Å²) in [5, 5.41) is 0. The van der Waals surface area contributed by atoms with Crippen LogP contribution in [-0.4, -0.2) is 23.0 Å². The Morgan fingerprint density at radius 1 is 1.35 bits per heavy atom. The summed E-state index contributed by atoms with van der Waals surface area (Å²) in [5.74, 6) is -0.0655. The monoisotopic (exact) mass is 254 g/mol. The largest absolute Gasteiger partial charge is 0.469 e. The van der Waals surface area contributed by atoms with Crippen LogP contribution in [0.25, 0.3) is 0 Å². The lowest BCUT2D eigenvalue weighted by molar-refractivity contribution is -0.149. The first kappa shape index (κ1) is 13.9. The lowest BCUT2D eigenvalue weighted by atomic mass is 9.97. The second kappa shape index (κ2) is 5.45. The Labute approximate surface area is 105 Å². The van der Waals surface area contributed by atoms with Gasteiger partial charge in [0.05, 0.1) is 23.3 Å². The zero-order valence-corrected chi connectivity index (χ0v) is 11.5. The number of esters is 1. The van der Waals surface area contributed by atoms with Crippen LogP contribution in [0.5, 0.6) is 0 Å². The van der Waals surface area contributed by atoms with Crippen molar-refractivity contribution >= 4 is 16.8 Å². The molecule has 0 aromatic heterocycles. The van der Waals surface area contributed by atoms with E-state index < -0.39 is 16.2 Å². The Morgan fingerprint density at radius 2 is 1.94 bits per heavy atom. The van der Waals surface area contributed by atoms with Crippen molar-refractivity contribution in [3.63, 3.8) is 0 Å². The number of methoxy groups -OCH3 is 1. The maximum atomic E-state index is 12.2. The van der Waals surface area contributed by atoms with Crippen LogP contribution in [-0.2, 0) is 20.3 Å². The minimum absolute atomic E-state index is 0.268. The lowest BCUT2D eigenvalue weighted by Crippen LogP contribution is -2.31. The topological polar surface area (TPSA) is 43.4 Å². The minimum Gasteiger partial charge on any atom is -0.469 e. The van der Waals surface area contributed by atoms with Gasteiger partial charge >= 0.3 is 5.97 Å². The van der Waals surface area contributed by atoms with Gasteiger partial charge in [-0.3, -0.25) is 9.00 Å². The Balaban J connectivity index is 2.87. The predicted octanol–water partition coefficient (Wildman–Crippen LogP) is 2.30. The van der Waals surface area contributed by atoms with E-state index in [0.717, 1.165) is 10.5 Å². The molecule has 0 heterocycles. The van der Waals surface area contributed by atoms with Gasteiger partial charge in [-0.25, -0.2) is 0 Å². The fraction of sp³-hybridized carbons (Fsp3) is 0.462. The molecular formula is C13H18O3S. The molecule has 94 valence electrons. The molecule has 0 aliphatic heterocycles. The molecule has 17 heavy (non-hydrogen) atoms. The van der Waals surface area contributed by atoms with Crippen LogP contribution in [0, 0.1) is 12.3 Å². The van der Waals surface area contributed by atoms with E-state index >= 15 is 0 Å². The van der Waals surface area contributed by atoms with Crippen LogP contribution in [0.2, 0.25) is 0 Å². The van der Waals surface area contributed by atoms with Gasteiger partial charge in [0.2, 0.25) is 0 Å². The van der Waals surface area contributed by atoms with Crippen molar-refractivity contribution in [1.29, 1.82) is 0 Å². The van der Waals surface area contributed by atoms with Crippen LogP contribution >= 0.6 is 0 Å². The highest BCUT2D eigenvalue weighted by atomic mass is 32.2. The molecule has 1 rings (SSSR count). The normalized spacial score (nSPS) is 13.2. The van der Waals surface area contributed by atoms with E-state index in [1.54, 1.807) is 13.8 Å². The summed E-state index contributed by atoms with van der Waals surface area (Å²) in [6, 6.07) is 7.50. The van der Waals surface area contributed by atoms with Gasteiger partial charge in [-0.2, -0.15) is 0 Å². The molecule has 0 saturated heterocycles. The summed E-state index contributed by atoms with van der Waals surface area (Å²) in [4.78, 5) is 12.3. The van der Waals surface area contributed by atoms with E-state index in [1.165, 1.54) is 7.11 Å². The third-order valence-electron chi connectivity index (χ3n) is 2.57. The minimum atomic E-state index is -1.19. The average molecular weight is 254 g/mol. The molecule has 0 amide bonds. The Kier molecular flexibility index (Phi) is 4.46. The first-order chi connectivity index (χ1) is 7.88. The van der Waals surface area contributed by atoms with Gasteiger partial charge < -0.3 is 4.74 Å². The highest BCUT2D eigenvalue weighted by molar-refractivity contribution is 7.85. The van der Waals surface area contributed by atoms with Gasteiger partial charge in [-0.1, -0.05) is 18.2 Å². The Morgan fingerprint density at radius 3 is 2.47 bits per heavy atom. The SMILES string of the molecule is COC(=O)C(C)(C)CS(=O)c1ccccc1C. The third-order valence-corrected chi connectivity index (χ3v) is 4.50. The van der Waals surface area contributed by atoms with Gasteiger partial charge in [0, 0.05) is 10.6 Å². The molecule has 0 fully saturated rings. The lowest BCUT2D eigenvalue weighted by Gasteiger charge is -2.21. The molecule has 0 aliphatic rings. The summed E-state index contributed by atoms with van der Waals surface area (Å²) in [6.07, 6.45) is 0. The van der Waals surface area contributed by atoms with Crippen molar-refractivity contribution in [2.45, 2.75) is 25.7 Å². The van der Waals surface area contributed by atoms with Gasteiger partial charge in [0.1, 0.15) is 0 Å². The van der Waals surface area contributed by atoms with E-state index in [1.807, 2.05) is 31.2 Å². The maximum Gasteiger partial charge on any atom is 0.312 e. The zero-order chi connectivity index (χ0) is 13.1. The number of carbonyl (C=O) groups is 1. The number of hydrogen-bond acceptors (Lipinski definition) is 3. The molecule has 0 bridgehead atoms. The fourth-order valence-electron chi connectivity index (χ4n) is 1.55. The van der Waals surface area contributed by atoms with Crippen LogP contribution in [0.3, 0.4) is 0 Å². The molecule has 3 nitrogen and oxygen atoms in total. The molecule has 0 aliphatic carbocycles. The predicted molar refractivity (Wildman–Crippen MR) is 68.3 cm³/mol. The van der Waals surface area contributed by atoms with Crippen molar-refractivity contribution in [3.8, 4) is 0 Å². The highest BCUT2D eigenvalue weighted by Crippen LogP contribution is 2.23. The summed E-state index contributed by atoms with van der Waals surface area (Å²) in [5.41, 5.74) is 0.244. The number of ether oxygens (including phenoxy) is 1. The molecule has 0 radical (unpaired) electrons. The van der Waals surface area contributed by atoms with Crippen LogP contribution in [0.15, 0.2) is 29.2 Å². The fourth-order valence-corrected chi connectivity index (χ4v) is 3.14. The Hall–Kier alpha value is -1.16. The van der Waals surface area contributed by atoms with Gasteiger partial charge in [-0.05, 0) is 32.4 Å². The second-order valence-corrected chi connectivity index (χ2v) is 6.05. The molecule has 4 heteroatoms. The van der Waals surface area contributed by atoms with E-state index in [0.29, 0.717) is 0 Å². The molecule has 1 aromatic rings. The summed E-state index contributed by atoms with van der Waals surface area (Å²) < 4.78 is 16.9. The van der Waals surface area contributed by atoms with E-state index in [4.69, 9.17) is 4.74 Å².